The molecule has 0 aromatic heterocycles. The van der Waals surface area contributed by atoms with Crippen molar-refractivity contribution in [3.63, 3.8) is 0 Å². The second-order valence-electron chi connectivity index (χ2n) is 7.65. The van der Waals surface area contributed by atoms with E-state index in [-0.39, 0.29) is 37.3 Å². The predicted octanol–water partition coefficient (Wildman–Crippen LogP) is 1.79. The average molecular weight is 440 g/mol. The first-order valence-corrected chi connectivity index (χ1v) is 10.4. The van der Waals surface area contributed by atoms with Crippen molar-refractivity contribution < 1.29 is 24.0 Å². The third kappa shape index (κ3) is 5.14. The van der Waals surface area contributed by atoms with Gasteiger partial charge in [0.25, 0.3) is 11.6 Å². The van der Waals surface area contributed by atoms with Gasteiger partial charge in [0.2, 0.25) is 12.7 Å². The number of nitro groups is 1. The second-order valence-corrected chi connectivity index (χ2v) is 7.65. The number of benzene rings is 2. The van der Waals surface area contributed by atoms with Crippen molar-refractivity contribution in [2.75, 3.05) is 39.5 Å². The molecule has 0 radical (unpaired) electrons. The maximum Gasteiger partial charge on any atom is 0.269 e. The van der Waals surface area contributed by atoms with Gasteiger partial charge in [0.1, 0.15) is 0 Å². The molecule has 0 atom stereocenters. The minimum Gasteiger partial charge on any atom is -0.454 e. The van der Waals surface area contributed by atoms with Crippen molar-refractivity contribution >= 4 is 17.5 Å². The summed E-state index contributed by atoms with van der Waals surface area (Å²) in [6, 6.07) is 11.3. The maximum atomic E-state index is 12.5. The van der Waals surface area contributed by atoms with Crippen molar-refractivity contribution in [2.24, 2.45) is 0 Å². The Morgan fingerprint density at radius 2 is 1.72 bits per heavy atom. The van der Waals surface area contributed by atoms with Gasteiger partial charge in [0.05, 0.1) is 4.92 Å². The van der Waals surface area contributed by atoms with Crippen LogP contribution in [0.3, 0.4) is 0 Å². The van der Waals surface area contributed by atoms with Crippen LogP contribution in [-0.2, 0) is 11.3 Å². The highest BCUT2D eigenvalue weighted by molar-refractivity contribution is 5.94. The highest BCUT2D eigenvalue weighted by atomic mass is 16.7. The van der Waals surface area contributed by atoms with Crippen molar-refractivity contribution in [1.82, 2.24) is 15.1 Å². The Bertz CT molecular complexity index is 1000. The van der Waals surface area contributed by atoms with Gasteiger partial charge in [-0.05, 0) is 29.8 Å². The highest BCUT2D eigenvalue weighted by Crippen LogP contribution is 2.32. The monoisotopic (exact) mass is 440 g/mol. The molecule has 4 rings (SSSR count). The molecule has 1 fully saturated rings. The summed E-state index contributed by atoms with van der Waals surface area (Å²) in [5, 5.41) is 13.4. The van der Waals surface area contributed by atoms with Crippen LogP contribution < -0.4 is 14.8 Å². The maximum absolute atomic E-state index is 12.5. The van der Waals surface area contributed by atoms with Crippen molar-refractivity contribution in [2.45, 2.75) is 13.0 Å². The van der Waals surface area contributed by atoms with Crippen LogP contribution in [0.5, 0.6) is 11.5 Å². The highest BCUT2D eigenvalue weighted by Gasteiger charge is 2.22. The molecule has 2 aromatic rings. The number of amides is 2. The summed E-state index contributed by atoms with van der Waals surface area (Å²) in [6.07, 6.45) is 0.209. The topological polar surface area (TPSA) is 114 Å². The summed E-state index contributed by atoms with van der Waals surface area (Å²) in [5.41, 5.74) is 1.39. The lowest BCUT2D eigenvalue weighted by Gasteiger charge is -2.34. The molecular weight excluding hydrogens is 416 g/mol. The molecule has 168 valence electrons. The minimum absolute atomic E-state index is 0.00303. The molecule has 0 aliphatic carbocycles. The number of carbonyl (C=O) groups is 2. The number of nitro benzene ring substituents is 1. The summed E-state index contributed by atoms with van der Waals surface area (Å²) >= 11 is 0. The normalized spacial score (nSPS) is 15.4. The predicted molar refractivity (Wildman–Crippen MR) is 114 cm³/mol. The zero-order valence-corrected chi connectivity index (χ0v) is 17.5. The lowest BCUT2D eigenvalue weighted by atomic mass is 10.1. The molecular formula is C22H24N4O6. The third-order valence-corrected chi connectivity index (χ3v) is 5.53. The van der Waals surface area contributed by atoms with Gasteiger partial charge in [-0.15, -0.1) is 0 Å². The van der Waals surface area contributed by atoms with Crippen LogP contribution in [-0.4, -0.2) is 66.1 Å². The summed E-state index contributed by atoms with van der Waals surface area (Å²) in [6.45, 7) is 4.08. The first kappa shape index (κ1) is 21.6. The van der Waals surface area contributed by atoms with Gasteiger partial charge in [0.15, 0.2) is 11.5 Å². The number of nitrogens with zero attached hydrogens (tertiary/aromatic N) is 3. The molecule has 0 saturated carbocycles. The number of nitrogens with one attached hydrogen (secondary N) is 1. The van der Waals surface area contributed by atoms with Gasteiger partial charge in [0, 0.05) is 63.4 Å². The van der Waals surface area contributed by atoms with E-state index in [4.69, 9.17) is 9.47 Å². The standard InChI is InChI=1S/C22H24N4O6/c27-21(7-8-23-22(28)17-2-4-18(5-3-17)26(29)30)25-11-9-24(10-12-25)14-16-1-6-19-20(13-16)32-15-31-19/h1-6,13H,7-12,14-15H2,(H,23,28). The first-order chi connectivity index (χ1) is 15.5. The van der Waals surface area contributed by atoms with Crippen LogP contribution in [0.25, 0.3) is 0 Å². The Kier molecular flexibility index (Phi) is 6.50. The fraction of sp³-hybridized carbons (Fsp3) is 0.364. The Hall–Kier alpha value is -3.66. The molecule has 2 aliphatic rings. The van der Waals surface area contributed by atoms with Crippen LogP contribution in [0.1, 0.15) is 22.3 Å². The number of carbonyl (C=O) groups excluding carboxylic acids is 2. The van der Waals surface area contributed by atoms with Crippen LogP contribution in [0, 0.1) is 10.1 Å². The number of fused-ring (bicyclic) bond motifs is 1. The molecule has 1 N–H and O–H groups in total. The van der Waals surface area contributed by atoms with E-state index in [2.05, 4.69) is 10.2 Å². The zero-order valence-electron chi connectivity index (χ0n) is 17.5. The van der Waals surface area contributed by atoms with Crippen LogP contribution >= 0.6 is 0 Å². The van der Waals surface area contributed by atoms with E-state index in [0.29, 0.717) is 18.7 Å². The molecule has 1 saturated heterocycles. The van der Waals surface area contributed by atoms with E-state index < -0.39 is 4.92 Å². The molecule has 10 heteroatoms. The lowest BCUT2D eigenvalue weighted by Crippen LogP contribution is -2.48. The molecule has 0 spiro atoms. The molecule has 2 amide bonds. The molecule has 10 nitrogen and oxygen atoms in total. The zero-order chi connectivity index (χ0) is 22.5. The number of ether oxygens (including phenoxy) is 2. The van der Waals surface area contributed by atoms with E-state index in [1.54, 1.807) is 0 Å². The van der Waals surface area contributed by atoms with Gasteiger partial charge in [-0.25, -0.2) is 0 Å². The van der Waals surface area contributed by atoms with Crippen molar-refractivity contribution in [3.05, 3.63) is 63.7 Å². The quantitative estimate of drug-likeness (QED) is 0.516. The Morgan fingerprint density at radius 1 is 1.00 bits per heavy atom. The Morgan fingerprint density at radius 3 is 2.44 bits per heavy atom. The Labute approximate surface area is 184 Å². The number of piperazine rings is 1. The largest absolute Gasteiger partial charge is 0.454 e. The second kappa shape index (κ2) is 9.65. The number of hydrogen-bond acceptors (Lipinski definition) is 7. The van der Waals surface area contributed by atoms with Gasteiger partial charge < -0.3 is 19.7 Å². The van der Waals surface area contributed by atoms with Crippen molar-refractivity contribution in [1.29, 1.82) is 0 Å². The van der Waals surface area contributed by atoms with Crippen LogP contribution in [0.2, 0.25) is 0 Å². The van der Waals surface area contributed by atoms with Gasteiger partial charge in [-0.3, -0.25) is 24.6 Å². The smallest absolute Gasteiger partial charge is 0.269 e. The summed E-state index contributed by atoms with van der Waals surface area (Å²) in [4.78, 5) is 38.9. The van der Waals surface area contributed by atoms with E-state index in [9.17, 15) is 19.7 Å². The average Bonchev–Trinajstić information content (AvgIpc) is 3.27. The summed E-state index contributed by atoms with van der Waals surface area (Å²) < 4.78 is 10.8. The van der Waals surface area contributed by atoms with Crippen LogP contribution in [0.4, 0.5) is 5.69 Å². The molecule has 2 aromatic carbocycles. The van der Waals surface area contributed by atoms with E-state index >= 15 is 0 Å². The molecule has 0 bridgehead atoms. The lowest BCUT2D eigenvalue weighted by molar-refractivity contribution is -0.384. The SMILES string of the molecule is O=C(NCCC(=O)N1CCN(Cc2ccc3c(c2)OCO3)CC1)c1ccc([N+](=O)[O-])cc1. The van der Waals surface area contributed by atoms with Gasteiger partial charge in [-0.1, -0.05) is 6.07 Å². The number of non-ortho nitro benzene ring substituents is 1. The molecule has 2 heterocycles. The number of rotatable bonds is 7. The fourth-order valence-electron chi connectivity index (χ4n) is 3.73. The molecule has 0 unspecified atom stereocenters. The molecule has 32 heavy (non-hydrogen) atoms. The van der Waals surface area contributed by atoms with E-state index in [1.165, 1.54) is 24.3 Å². The van der Waals surface area contributed by atoms with Gasteiger partial charge in [-0.2, -0.15) is 0 Å². The van der Waals surface area contributed by atoms with Crippen LogP contribution in [0.15, 0.2) is 42.5 Å². The van der Waals surface area contributed by atoms with Crippen molar-refractivity contribution in [3.8, 4) is 11.5 Å². The van der Waals surface area contributed by atoms with E-state index in [1.807, 2.05) is 23.1 Å². The summed E-state index contributed by atoms with van der Waals surface area (Å²) in [7, 11) is 0. The summed E-state index contributed by atoms with van der Waals surface area (Å²) in [5.74, 6) is 1.18. The molecule has 2 aliphatic heterocycles. The minimum atomic E-state index is -0.519. The Balaban J connectivity index is 1.17. The first-order valence-electron chi connectivity index (χ1n) is 10.4. The van der Waals surface area contributed by atoms with Gasteiger partial charge >= 0.3 is 0 Å². The fourth-order valence-corrected chi connectivity index (χ4v) is 3.73. The van der Waals surface area contributed by atoms with E-state index in [0.717, 1.165) is 36.7 Å². The third-order valence-electron chi connectivity index (χ3n) is 5.53. The number of hydrogen-bond donors (Lipinski definition) is 1.